The molecule has 1 amide bonds. The number of aromatic amines is 1. The Labute approximate surface area is 144 Å². The number of hydrogen-bond acceptors (Lipinski definition) is 4. The Morgan fingerprint density at radius 3 is 2.56 bits per heavy atom. The monoisotopic (exact) mass is 356 g/mol. The van der Waals surface area contributed by atoms with Crippen molar-refractivity contribution < 1.29 is 13.2 Å². The quantitative estimate of drug-likeness (QED) is 0.753. The lowest BCUT2D eigenvalue weighted by molar-refractivity contribution is 0.102. The van der Waals surface area contributed by atoms with E-state index in [0.717, 1.165) is 11.0 Å². The third-order valence-corrected chi connectivity index (χ3v) is 6.01. The van der Waals surface area contributed by atoms with Crippen molar-refractivity contribution >= 4 is 38.6 Å². The molecule has 0 radical (unpaired) electrons. The Morgan fingerprint density at radius 2 is 1.88 bits per heavy atom. The zero-order chi connectivity index (χ0) is 17.4. The highest BCUT2D eigenvalue weighted by Gasteiger charge is 2.28. The Balaban J connectivity index is 1.52. The van der Waals surface area contributed by atoms with E-state index in [0.29, 0.717) is 30.2 Å². The topological polar surface area (TPSA) is 95.2 Å². The number of fused-ring (bicyclic) bond motifs is 1. The molecule has 2 aromatic carbocycles. The zero-order valence-corrected chi connectivity index (χ0v) is 14.1. The van der Waals surface area contributed by atoms with Gasteiger partial charge in [-0.1, -0.05) is 12.1 Å². The first-order valence-electron chi connectivity index (χ1n) is 7.89. The lowest BCUT2D eigenvalue weighted by Crippen LogP contribution is -2.25. The Hall–Kier alpha value is -2.87. The van der Waals surface area contributed by atoms with Crippen molar-refractivity contribution in [2.24, 2.45) is 0 Å². The van der Waals surface area contributed by atoms with E-state index in [1.165, 1.54) is 4.31 Å². The second-order valence-corrected chi connectivity index (χ2v) is 7.86. The molecule has 25 heavy (non-hydrogen) atoms. The molecule has 2 heterocycles. The number of carbonyl (C=O) groups excluding carboxylic acids is 1. The van der Waals surface area contributed by atoms with E-state index in [1.807, 2.05) is 24.3 Å². The van der Waals surface area contributed by atoms with Crippen LogP contribution in [0.3, 0.4) is 0 Å². The van der Waals surface area contributed by atoms with Crippen molar-refractivity contribution in [3.8, 4) is 0 Å². The van der Waals surface area contributed by atoms with E-state index >= 15 is 0 Å². The lowest BCUT2D eigenvalue weighted by atomic mass is 10.2. The molecule has 8 heteroatoms. The van der Waals surface area contributed by atoms with Crippen molar-refractivity contribution in [1.82, 2.24) is 9.97 Å². The number of hydrogen-bond donors (Lipinski definition) is 2. The van der Waals surface area contributed by atoms with Gasteiger partial charge in [0, 0.05) is 12.1 Å². The predicted octanol–water partition coefficient (Wildman–Crippen LogP) is 2.36. The van der Waals surface area contributed by atoms with Crippen LogP contribution in [0, 0.1) is 0 Å². The van der Waals surface area contributed by atoms with Gasteiger partial charge >= 0.3 is 0 Å². The largest absolute Gasteiger partial charge is 0.324 e. The summed E-state index contributed by atoms with van der Waals surface area (Å²) in [5.74, 6) is 0.230. The van der Waals surface area contributed by atoms with Gasteiger partial charge in [-0.05, 0) is 42.8 Å². The molecule has 0 unspecified atom stereocenters. The average Bonchev–Trinajstić information content (AvgIpc) is 3.16. The first kappa shape index (κ1) is 15.6. The maximum absolute atomic E-state index is 12.3. The number of imidazole rings is 1. The average molecular weight is 356 g/mol. The molecule has 4 rings (SSSR count). The van der Waals surface area contributed by atoms with E-state index in [9.17, 15) is 13.2 Å². The zero-order valence-electron chi connectivity index (χ0n) is 13.3. The fourth-order valence-electron chi connectivity index (χ4n) is 2.90. The van der Waals surface area contributed by atoms with Gasteiger partial charge < -0.3 is 4.98 Å². The van der Waals surface area contributed by atoms with Crippen LogP contribution in [0.25, 0.3) is 11.0 Å². The fourth-order valence-corrected chi connectivity index (χ4v) is 4.46. The van der Waals surface area contributed by atoms with Gasteiger partial charge in [-0.25, -0.2) is 13.4 Å². The summed E-state index contributed by atoms with van der Waals surface area (Å²) >= 11 is 0. The second kappa shape index (κ2) is 5.89. The van der Waals surface area contributed by atoms with E-state index in [1.54, 1.807) is 24.3 Å². The van der Waals surface area contributed by atoms with Crippen molar-refractivity contribution in [1.29, 1.82) is 0 Å². The molecule has 0 atom stereocenters. The molecule has 0 bridgehead atoms. The number of nitrogens with zero attached hydrogens (tertiary/aromatic N) is 2. The van der Waals surface area contributed by atoms with Crippen molar-refractivity contribution in [3.05, 3.63) is 54.1 Å². The molecule has 128 valence electrons. The van der Waals surface area contributed by atoms with Crippen LogP contribution >= 0.6 is 0 Å². The van der Waals surface area contributed by atoms with Crippen LogP contribution in [0.4, 0.5) is 11.6 Å². The predicted molar refractivity (Wildman–Crippen MR) is 96.2 cm³/mol. The Kier molecular flexibility index (Phi) is 3.69. The summed E-state index contributed by atoms with van der Waals surface area (Å²) in [5, 5.41) is 2.72. The van der Waals surface area contributed by atoms with Gasteiger partial charge in [-0.2, -0.15) is 0 Å². The fraction of sp³-hybridized carbons (Fsp3) is 0.176. The normalized spacial score (nSPS) is 16.2. The molecule has 1 saturated heterocycles. The highest BCUT2D eigenvalue weighted by molar-refractivity contribution is 7.93. The Bertz CT molecular complexity index is 1010. The van der Waals surface area contributed by atoms with E-state index in [-0.39, 0.29) is 11.7 Å². The third-order valence-electron chi connectivity index (χ3n) is 4.14. The molecule has 1 aliphatic rings. The molecule has 1 aliphatic heterocycles. The van der Waals surface area contributed by atoms with Gasteiger partial charge in [0.15, 0.2) is 0 Å². The van der Waals surface area contributed by atoms with Crippen LogP contribution in [-0.4, -0.2) is 36.6 Å². The number of sulfonamides is 1. The van der Waals surface area contributed by atoms with Gasteiger partial charge in [0.05, 0.1) is 22.5 Å². The highest BCUT2D eigenvalue weighted by Crippen LogP contribution is 2.24. The number of amides is 1. The van der Waals surface area contributed by atoms with Crippen LogP contribution < -0.4 is 9.62 Å². The number of anilines is 2. The summed E-state index contributed by atoms with van der Waals surface area (Å²) in [4.78, 5) is 19.7. The molecule has 1 aromatic heterocycles. The summed E-state index contributed by atoms with van der Waals surface area (Å²) < 4.78 is 25.3. The van der Waals surface area contributed by atoms with Crippen LogP contribution in [-0.2, 0) is 10.0 Å². The van der Waals surface area contributed by atoms with Crippen molar-refractivity contribution in [3.63, 3.8) is 0 Å². The SMILES string of the molecule is O=C(Nc1nc2ccccc2[nH]1)c1ccc(N2CCCS2(=O)=O)cc1. The van der Waals surface area contributed by atoms with Crippen LogP contribution in [0.2, 0.25) is 0 Å². The molecule has 3 aromatic rings. The number of para-hydroxylation sites is 2. The Morgan fingerprint density at radius 1 is 1.12 bits per heavy atom. The molecule has 0 saturated carbocycles. The van der Waals surface area contributed by atoms with Crippen molar-refractivity contribution in [2.75, 3.05) is 21.9 Å². The minimum absolute atomic E-state index is 0.168. The summed E-state index contributed by atoms with van der Waals surface area (Å²) in [5.41, 5.74) is 2.62. The number of aromatic nitrogens is 2. The van der Waals surface area contributed by atoms with Gasteiger partial charge in [-0.3, -0.25) is 14.4 Å². The molecule has 0 aliphatic carbocycles. The number of nitrogens with one attached hydrogen (secondary N) is 2. The molecule has 2 N–H and O–H groups in total. The van der Waals surface area contributed by atoms with Crippen LogP contribution in [0.1, 0.15) is 16.8 Å². The van der Waals surface area contributed by atoms with E-state index in [2.05, 4.69) is 15.3 Å². The maximum atomic E-state index is 12.3. The summed E-state index contributed by atoms with van der Waals surface area (Å²) in [7, 11) is -3.22. The van der Waals surface area contributed by atoms with Crippen LogP contribution in [0.15, 0.2) is 48.5 Å². The third kappa shape index (κ3) is 2.96. The summed E-state index contributed by atoms with van der Waals surface area (Å²) in [6.45, 7) is 0.479. The van der Waals surface area contributed by atoms with E-state index < -0.39 is 10.0 Å². The summed E-state index contributed by atoms with van der Waals surface area (Å²) in [6, 6.07) is 14.0. The molecular formula is C17H16N4O3S. The smallest absolute Gasteiger partial charge is 0.257 e. The van der Waals surface area contributed by atoms with Gasteiger partial charge in [0.1, 0.15) is 0 Å². The van der Waals surface area contributed by atoms with Gasteiger partial charge in [-0.15, -0.1) is 0 Å². The summed E-state index contributed by atoms with van der Waals surface area (Å²) in [6.07, 6.45) is 0.622. The van der Waals surface area contributed by atoms with Crippen molar-refractivity contribution in [2.45, 2.75) is 6.42 Å². The number of benzene rings is 2. The maximum Gasteiger partial charge on any atom is 0.257 e. The van der Waals surface area contributed by atoms with E-state index in [4.69, 9.17) is 0 Å². The van der Waals surface area contributed by atoms with Gasteiger partial charge in [0.25, 0.3) is 5.91 Å². The molecule has 1 fully saturated rings. The first-order chi connectivity index (χ1) is 12.0. The first-order valence-corrected chi connectivity index (χ1v) is 9.50. The minimum Gasteiger partial charge on any atom is -0.324 e. The standard InChI is InChI=1S/C17H16N4O3S/c22-16(20-17-18-14-4-1-2-5-15(14)19-17)12-6-8-13(9-7-12)21-10-3-11-25(21,23)24/h1-2,4-9H,3,10-11H2,(H2,18,19,20,22). The number of carbonyl (C=O) groups is 1. The lowest BCUT2D eigenvalue weighted by Gasteiger charge is -2.16. The van der Waals surface area contributed by atoms with Crippen LogP contribution in [0.5, 0.6) is 0 Å². The molecule has 0 spiro atoms. The second-order valence-electron chi connectivity index (χ2n) is 5.85. The number of rotatable bonds is 3. The molecular weight excluding hydrogens is 340 g/mol. The molecule has 7 nitrogen and oxygen atoms in total. The van der Waals surface area contributed by atoms with Gasteiger partial charge in [0.2, 0.25) is 16.0 Å². The highest BCUT2D eigenvalue weighted by atomic mass is 32.2. The number of H-pyrrole nitrogens is 1. The minimum atomic E-state index is -3.22.